The zero-order valence-corrected chi connectivity index (χ0v) is 14.4. The van der Waals surface area contributed by atoms with Crippen LogP contribution in [0.1, 0.15) is 18.5 Å². The normalized spacial score (nSPS) is 11.8. The lowest BCUT2D eigenvalue weighted by molar-refractivity contribution is -0.384. The van der Waals surface area contributed by atoms with Gasteiger partial charge in [-0.05, 0) is 36.8 Å². The summed E-state index contributed by atoms with van der Waals surface area (Å²) in [6, 6.07) is 10.00. The molecule has 1 aromatic heterocycles. The van der Waals surface area contributed by atoms with Gasteiger partial charge in [-0.1, -0.05) is 17.7 Å². The number of nitro benzene ring substituents is 1. The lowest BCUT2D eigenvalue weighted by Crippen LogP contribution is -2.10. The van der Waals surface area contributed by atoms with Gasteiger partial charge in [0.15, 0.2) is 5.82 Å². The molecule has 6 nitrogen and oxygen atoms in total. The molecule has 1 heterocycles. The van der Waals surface area contributed by atoms with E-state index in [2.05, 4.69) is 15.3 Å². The van der Waals surface area contributed by atoms with Gasteiger partial charge in [-0.25, -0.2) is 9.37 Å². The molecule has 1 atom stereocenters. The van der Waals surface area contributed by atoms with Crippen LogP contribution in [-0.4, -0.2) is 14.9 Å². The molecular formula is C18H14ClFN4O2. The highest BCUT2D eigenvalue weighted by Crippen LogP contribution is 2.30. The van der Waals surface area contributed by atoms with Crippen molar-refractivity contribution in [3.8, 4) is 11.3 Å². The average Bonchev–Trinajstić information content (AvgIpc) is 2.62. The topological polar surface area (TPSA) is 81.0 Å². The van der Waals surface area contributed by atoms with Crippen LogP contribution in [0.15, 0.2) is 54.9 Å². The molecule has 26 heavy (non-hydrogen) atoms. The number of hydrogen-bond donors (Lipinski definition) is 1. The minimum absolute atomic E-state index is 0.00129. The predicted molar refractivity (Wildman–Crippen MR) is 97.6 cm³/mol. The summed E-state index contributed by atoms with van der Waals surface area (Å²) in [5.41, 5.74) is 1.95. The van der Waals surface area contributed by atoms with E-state index in [1.165, 1.54) is 36.7 Å². The van der Waals surface area contributed by atoms with E-state index in [0.29, 0.717) is 27.7 Å². The molecule has 0 spiro atoms. The molecule has 3 rings (SSSR count). The zero-order valence-electron chi connectivity index (χ0n) is 13.7. The van der Waals surface area contributed by atoms with Crippen molar-refractivity contribution in [1.82, 2.24) is 9.97 Å². The molecule has 3 aromatic rings. The van der Waals surface area contributed by atoms with Gasteiger partial charge < -0.3 is 5.32 Å². The molecule has 0 fully saturated rings. The van der Waals surface area contributed by atoms with Gasteiger partial charge in [0.1, 0.15) is 11.5 Å². The number of nitrogens with one attached hydrogen (secondary N) is 1. The molecule has 0 aliphatic heterocycles. The smallest absolute Gasteiger partial charge is 0.269 e. The number of rotatable bonds is 5. The molecule has 8 heteroatoms. The third-order valence-corrected chi connectivity index (χ3v) is 4.16. The molecule has 0 radical (unpaired) electrons. The fourth-order valence-electron chi connectivity index (χ4n) is 2.53. The highest BCUT2D eigenvalue weighted by atomic mass is 35.5. The van der Waals surface area contributed by atoms with Crippen LogP contribution >= 0.6 is 11.6 Å². The van der Waals surface area contributed by atoms with Crippen LogP contribution in [0.5, 0.6) is 0 Å². The summed E-state index contributed by atoms with van der Waals surface area (Å²) in [6.07, 6.45) is 3.08. The third-order valence-electron chi connectivity index (χ3n) is 3.83. The first-order chi connectivity index (χ1) is 12.5. The quantitative estimate of drug-likeness (QED) is 0.502. The van der Waals surface area contributed by atoms with Crippen molar-refractivity contribution < 1.29 is 9.31 Å². The standard InChI is InChI=1S/C18H14ClFN4O2/c1-11(15-7-4-13(20)10-16(15)19)23-18-17(21-8-9-22-18)12-2-5-14(6-3-12)24(25)26/h2-11H,1H3,(H,22,23). The van der Waals surface area contributed by atoms with Crippen molar-refractivity contribution in [2.75, 3.05) is 5.32 Å². The van der Waals surface area contributed by atoms with Crippen molar-refractivity contribution in [3.63, 3.8) is 0 Å². The zero-order chi connectivity index (χ0) is 18.7. The number of halogens is 2. The minimum atomic E-state index is -0.460. The summed E-state index contributed by atoms with van der Waals surface area (Å²) in [7, 11) is 0. The van der Waals surface area contributed by atoms with Crippen molar-refractivity contribution in [2.24, 2.45) is 0 Å². The van der Waals surface area contributed by atoms with Crippen LogP contribution in [0.25, 0.3) is 11.3 Å². The van der Waals surface area contributed by atoms with Crippen LogP contribution < -0.4 is 5.32 Å². The lowest BCUT2D eigenvalue weighted by Gasteiger charge is -2.18. The Morgan fingerprint density at radius 2 is 1.85 bits per heavy atom. The van der Waals surface area contributed by atoms with E-state index >= 15 is 0 Å². The summed E-state index contributed by atoms with van der Waals surface area (Å²) < 4.78 is 13.2. The van der Waals surface area contributed by atoms with Crippen molar-refractivity contribution >= 4 is 23.1 Å². The van der Waals surface area contributed by atoms with Gasteiger partial charge in [-0.3, -0.25) is 15.1 Å². The number of aromatic nitrogens is 2. The summed E-state index contributed by atoms with van der Waals surface area (Å²) in [5, 5.41) is 14.3. The Kier molecular flexibility index (Phi) is 5.09. The maximum atomic E-state index is 13.2. The molecule has 2 aromatic carbocycles. The Labute approximate surface area is 153 Å². The number of hydrogen-bond acceptors (Lipinski definition) is 5. The Morgan fingerprint density at radius 3 is 2.50 bits per heavy atom. The second kappa shape index (κ2) is 7.45. The van der Waals surface area contributed by atoms with Gasteiger partial charge in [0.25, 0.3) is 5.69 Å². The number of benzene rings is 2. The monoisotopic (exact) mass is 372 g/mol. The summed E-state index contributed by atoms with van der Waals surface area (Å²) >= 11 is 6.11. The maximum absolute atomic E-state index is 13.2. The largest absolute Gasteiger partial charge is 0.362 e. The van der Waals surface area contributed by atoms with Crippen LogP contribution in [0.4, 0.5) is 15.9 Å². The lowest BCUT2D eigenvalue weighted by atomic mass is 10.1. The second-order valence-corrected chi connectivity index (χ2v) is 6.00. The van der Waals surface area contributed by atoms with Crippen molar-refractivity contribution in [1.29, 1.82) is 0 Å². The summed E-state index contributed by atoms with van der Waals surface area (Å²) in [5.74, 6) is 0.0891. The molecule has 0 saturated carbocycles. The molecule has 0 saturated heterocycles. The fourth-order valence-corrected chi connectivity index (χ4v) is 2.86. The van der Waals surface area contributed by atoms with Gasteiger partial charge in [0.05, 0.1) is 11.0 Å². The van der Waals surface area contributed by atoms with E-state index in [0.717, 1.165) is 0 Å². The van der Waals surface area contributed by atoms with E-state index in [-0.39, 0.29) is 11.7 Å². The predicted octanol–water partition coefficient (Wildman–Crippen LogP) is 5.02. The van der Waals surface area contributed by atoms with Gasteiger partial charge in [0, 0.05) is 35.1 Å². The van der Waals surface area contributed by atoms with Gasteiger partial charge in [0.2, 0.25) is 0 Å². The van der Waals surface area contributed by atoms with Crippen LogP contribution in [0.2, 0.25) is 5.02 Å². The Hall–Kier alpha value is -3.06. The van der Waals surface area contributed by atoms with Crippen LogP contribution in [0, 0.1) is 15.9 Å². The van der Waals surface area contributed by atoms with Gasteiger partial charge in [-0.15, -0.1) is 0 Å². The number of anilines is 1. The molecular weight excluding hydrogens is 359 g/mol. The SMILES string of the molecule is CC(Nc1nccnc1-c1ccc([N+](=O)[O-])cc1)c1ccc(F)cc1Cl. The molecule has 0 amide bonds. The molecule has 1 unspecified atom stereocenters. The highest BCUT2D eigenvalue weighted by molar-refractivity contribution is 6.31. The Bertz CT molecular complexity index is 950. The fraction of sp³-hybridized carbons (Fsp3) is 0.111. The second-order valence-electron chi connectivity index (χ2n) is 5.59. The van der Waals surface area contributed by atoms with Crippen molar-refractivity contribution in [3.05, 3.63) is 81.4 Å². The summed E-state index contributed by atoms with van der Waals surface area (Å²) in [4.78, 5) is 19.0. The number of non-ortho nitro benzene ring substituents is 1. The van der Waals surface area contributed by atoms with E-state index in [1.807, 2.05) is 6.92 Å². The van der Waals surface area contributed by atoms with Crippen molar-refractivity contribution in [2.45, 2.75) is 13.0 Å². The molecule has 132 valence electrons. The molecule has 0 bridgehead atoms. The minimum Gasteiger partial charge on any atom is -0.362 e. The Morgan fingerprint density at radius 1 is 1.15 bits per heavy atom. The highest BCUT2D eigenvalue weighted by Gasteiger charge is 2.15. The number of nitro groups is 1. The number of nitrogens with zero attached hydrogens (tertiary/aromatic N) is 3. The molecule has 1 N–H and O–H groups in total. The third kappa shape index (κ3) is 3.78. The van der Waals surface area contributed by atoms with E-state index in [1.54, 1.807) is 18.2 Å². The Balaban J connectivity index is 1.90. The maximum Gasteiger partial charge on any atom is 0.269 e. The van der Waals surface area contributed by atoms with Gasteiger partial charge >= 0.3 is 0 Å². The first-order valence-electron chi connectivity index (χ1n) is 7.73. The van der Waals surface area contributed by atoms with E-state index in [9.17, 15) is 14.5 Å². The summed E-state index contributed by atoms with van der Waals surface area (Å²) in [6.45, 7) is 1.87. The van der Waals surface area contributed by atoms with Crippen LogP contribution in [0.3, 0.4) is 0 Å². The van der Waals surface area contributed by atoms with Gasteiger partial charge in [-0.2, -0.15) is 0 Å². The van der Waals surface area contributed by atoms with E-state index < -0.39 is 10.7 Å². The average molecular weight is 373 g/mol. The molecule has 0 aliphatic carbocycles. The van der Waals surface area contributed by atoms with Crippen LogP contribution in [-0.2, 0) is 0 Å². The van der Waals surface area contributed by atoms with E-state index in [4.69, 9.17) is 11.6 Å². The molecule has 0 aliphatic rings. The first kappa shape index (κ1) is 17.8. The first-order valence-corrected chi connectivity index (χ1v) is 8.11.